The molecule has 0 aliphatic heterocycles. The molecular weight excluding hydrogens is 318 g/mol. The molecule has 25 heavy (non-hydrogen) atoms. The minimum atomic E-state index is -0.526. The summed E-state index contributed by atoms with van der Waals surface area (Å²) in [6.45, 7) is 0.430. The Kier molecular flexibility index (Phi) is 7.01. The van der Waals surface area contributed by atoms with Crippen molar-refractivity contribution >= 4 is 11.7 Å². The van der Waals surface area contributed by atoms with Crippen LogP contribution >= 0.6 is 0 Å². The zero-order valence-electron chi connectivity index (χ0n) is 14.6. The lowest BCUT2D eigenvalue weighted by Gasteiger charge is -2.06. The Labute approximate surface area is 148 Å². The highest BCUT2D eigenvalue weighted by Crippen LogP contribution is 2.13. The highest BCUT2D eigenvalue weighted by molar-refractivity contribution is 6.36. The third kappa shape index (κ3) is 5.95. The van der Waals surface area contributed by atoms with E-state index < -0.39 is 11.7 Å². The number of hydrogen-bond donors (Lipinski definition) is 1. The van der Waals surface area contributed by atoms with Gasteiger partial charge in [-0.15, -0.1) is 0 Å². The molecule has 2 aromatic rings. The molecule has 1 amide bonds. The minimum absolute atomic E-state index is 0.195. The van der Waals surface area contributed by atoms with Gasteiger partial charge in [0.2, 0.25) is 5.78 Å². The number of ketones is 1. The van der Waals surface area contributed by atoms with E-state index >= 15 is 0 Å². The number of carbonyl (C=O) groups is 2. The second kappa shape index (κ2) is 9.47. The summed E-state index contributed by atoms with van der Waals surface area (Å²) in [6, 6.07) is 15.1. The summed E-state index contributed by atoms with van der Waals surface area (Å²) in [5.41, 5.74) is 2.08. The van der Waals surface area contributed by atoms with Crippen molar-refractivity contribution in [2.75, 3.05) is 20.8 Å². The molecule has 0 spiro atoms. The quantitative estimate of drug-likeness (QED) is 0.712. The second-order valence-corrected chi connectivity index (χ2v) is 5.63. The predicted octanol–water partition coefficient (Wildman–Crippen LogP) is 2.56. The van der Waals surface area contributed by atoms with Gasteiger partial charge >= 0.3 is 0 Å². The van der Waals surface area contributed by atoms with Gasteiger partial charge in [-0.25, -0.2) is 0 Å². The van der Waals surface area contributed by atoms with Crippen molar-refractivity contribution in [3.05, 3.63) is 59.7 Å². The summed E-state index contributed by atoms with van der Waals surface area (Å²) in [5, 5.41) is 2.67. The summed E-state index contributed by atoms with van der Waals surface area (Å²) >= 11 is 0. The molecule has 0 saturated heterocycles. The minimum Gasteiger partial charge on any atom is -0.497 e. The molecule has 2 rings (SSSR count). The van der Waals surface area contributed by atoms with Crippen LogP contribution < -0.4 is 14.8 Å². The largest absolute Gasteiger partial charge is 0.497 e. The number of ether oxygens (including phenoxy) is 2. The first-order chi connectivity index (χ1) is 12.1. The van der Waals surface area contributed by atoms with Crippen LogP contribution in [-0.2, 0) is 22.4 Å². The maximum atomic E-state index is 11.9. The van der Waals surface area contributed by atoms with Gasteiger partial charge in [-0.05, 0) is 48.2 Å². The van der Waals surface area contributed by atoms with E-state index in [-0.39, 0.29) is 6.42 Å². The molecule has 0 radical (unpaired) electrons. The van der Waals surface area contributed by atoms with Crippen molar-refractivity contribution < 1.29 is 19.1 Å². The average Bonchev–Trinajstić information content (AvgIpc) is 2.66. The molecule has 0 aliphatic carbocycles. The number of Topliss-reactive ketones (excluding diaryl/α,β-unsaturated/α-hetero) is 1. The molecule has 0 aromatic heterocycles. The van der Waals surface area contributed by atoms with Gasteiger partial charge < -0.3 is 14.8 Å². The molecule has 0 saturated carbocycles. The lowest BCUT2D eigenvalue weighted by molar-refractivity contribution is -0.137. The molecule has 0 atom stereocenters. The number of aryl methyl sites for hydroxylation is 1. The third-order valence-electron chi connectivity index (χ3n) is 3.91. The van der Waals surface area contributed by atoms with Crippen molar-refractivity contribution in [1.29, 1.82) is 0 Å². The maximum Gasteiger partial charge on any atom is 0.287 e. The third-order valence-corrected chi connectivity index (χ3v) is 3.91. The number of methoxy groups -OCH3 is 2. The van der Waals surface area contributed by atoms with Gasteiger partial charge in [0.1, 0.15) is 11.5 Å². The van der Waals surface area contributed by atoms with Gasteiger partial charge in [0.05, 0.1) is 14.2 Å². The molecule has 0 fully saturated rings. The van der Waals surface area contributed by atoms with E-state index in [2.05, 4.69) is 5.32 Å². The Hall–Kier alpha value is -2.82. The van der Waals surface area contributed by atoms with Crippen molar-refractivity contribution in [2.45, 2.75) is 19.3 Å². The highest BCUT2D eigenvalue weighted by atomic mass is 16.5. The monoisotopic (exact) mass is 341 g/mol. The number of hydrogen-bond acceptors (Lipinski definition) is 4. The lowest BCUT2D eigenvalue weighted by Crippen LogP contribution is -2.32. The van der Waals surface area contributed by atoms with E-state index in [0.717, 1.165) is 22.6 Å². The average molecular weight is 341 g/mol. The summed E-state index contributed by atoms with van der Waals surface area (Å²) in [6.07, 6.45) is 1.40. The van der Waals surface area contributed by atoms with Gasteiger partial charge in [0.15, 0.2) is 0 Å². The number of amides is 1. The standard InChI is InChI=1S/C20H23NO4/c1-24-17-8-3-15(4-9-17)7-12-19(22)20(23)21-14-13-16-5-10-18(25-2)11-6-16/h3-6,8-11H,7,12-14H2,1-2H3,(H,21,23). The van der Waals surface area contributed by atoms with Crippen LogP contribution in [0.1, 0.15) is 17.5 Å². The first kappa shape index (κ1) is 18.5. The predicted molar refractivity (Wildman–Crippen MR) is 96.0 cm³/mol. The molecule has 0 heterocycles. The Morgan fingerprint density at radius 2 is 1.28 bits per heavy atom. The van der Waals surface area contributed by atoms with E-state index in [1.807, 2.05) is 48.5 Å². The fourth-order valence-corrected chi connectivity index (χ4v) is 2.37. The molecule has 0 bridgehead atoms. The molecule has 5 nitrogen and oxygen atoms in total. The Balaban J connectivity index is 1.71. The van der Waals surface area contributed by atoms with Crippen LogP contribution in [0.5, 0.6) is 11.5 Å². The lowest BCUT2D eigenvalue weighted by atomic mass is 10.1. The first-order valence-electron chi connectivity index (χ1n) is 8.19. The van der Waals surface area contributed by atoms with Crippen LogP contribution in [0, 0.1) is 0 Å². The van der Waals surface area contributed by atoms with Gasteiger partial charge in [0.25, 0.3) is 5.91 Å². The SMILES string of the molecule is COc1ccc(CCNC(=O)C(=O)CCc2ccc(OC)cc2)cc1. The number of carbonyl (C=O) groups excluding carboxylic acids is 2. The summed E-state index contributed by atoms with van der Waals surface area (Å²) < 4.78 is 10.2. The van der Waals surface area contributed by atoms with Crippen molar-refractivity contribution in [1.82, 2.24) is 5.32 Å². The Bertz CT molecular complexity index is 693. The molecule has 0 unspecified atom stereocenters. The van der Waals surface area contributed by atoms with Gasteiger partial charge in [-0.2, -0.15) is 0 Å². The Morgan fingerprint density at radius 1 is 0.800 bits per heavy atom. The number of benzene rings is 2. The van der Waals surface area contributed by atoms with E-state index in [0.29, 0.717) is 19.4 Å². The van der Waals surface area contributed by atoms with Gasteiger partial charge in [-0.1, -0.05) is 24.3 Å². The van der Waals surface area contributed by atoms with Gasteiger partial charge in [0, 0.05) is 13.0 Å². The molecule has 132 valence electrons. The van der Waals surface area contributed by atoms with E-state index in [1.54, 1.807) is 14.2 Å². The van der Waals surface area contributed by atoms with Crippen LogP contribution in [-0.4, -0.2) is 32.5 Å². The maximum absolute atomic E-state index is 11.9. The molecule has 1 N–H and O–H groups in total. The van der Waals surface area contributed by atoms with Crippen LogP contribution in [0.3, 0.4) is 0 Å². The molecule has 0 aliphatic rings. The highest BCUT2D eigenvalue weighted by Gasteiger charge is 2.12. The first-order valence-corrected chi connectivity index (χ1v) is 8.19. The van der Waals surface area contributed by atoms with E-state index in [9.17, 15) is 9.59 Å². The smallest absolute Gasteiger partial charge is 0.287 e. The zero-order chi connectivity index (χ0) is 18.1. The zero-order valence-corrected chi connectivity index (χ0v) is 14.6. The topological polar surface area (TPSA) is 64.6 Å². The van der Waals surface area contributed by atoms with Crippen molar-refractivity contribution in [2.24, 2.45) is 0 Å². The van der Waals surface area contributed by atoms with Crippen LogP contribution in [0.2, 0.25) is 0 Å². The van der Waals surface area contributed by atoms with E-state index in [1.165, 1.54) is 0 Å². The fourth-order valence-electron chi connectivity index (χ4n) is 2.37. The normalized spacial score (nSPS) is 10.2. The molecule has 5 heteroatoms. The second-order valence-electron chi connectivity index (χ2n) is 5.63. The van der Waals surface area contributed by atoms with Crippen molar-refractivity contribution in [3.63, 3.8) is 0 Å². The van der Waals surface area contributed by atoms with Gasteiger partial charge in [-0.3, -0.25) is 9.59 Å². The van der Waals surface area contributed by atoms with Crippen molar-refractivity contribution in [3.8, 4) is 11.5 Å². The fraction of sp³-hybridized carbons (Fsp3) is 0.300. The van der Waals surface area contributed by atoms with Crippen LogP contribution in [0.25, 0.3) is 0 Å². The summed E-state index contributed by atoms with van der Waals surface area (Å²) in [7, 11) is 3.22. The molecular formula is C20H23NO4. The van der Waals surface area contributed by atoms with Crippen LogP contribution in [0.4, 0.5) is 0 Å². The summed E-state index contributed by atoms with van der Waals surface area (Å²) in [4.78, 5) is 23.8. The summed E-state index contributed by atoms with van der Waals surface area (Å²) in [5.74, 6) is 0.639. The number of rotatable bonds is 9. The molecule has 2 aromatic carbocycles. The number of nitrogens with one attached hydrogen (secondary N) is 1. The van der Waals surface area contributed by atoms with E-state index in [4.69, 9.17) is 9.47 Å². The van der Waals surface area contributed by atoms with Crippen LogP contribution in [0.15, 0.2) is 48.5 Å². The Morgan fingerprint density at radius 3 is 1.76 bits per heavy atom.